The van der Waals surface area contributed by atoms with Gasteiger partial charge in [0.1, 0.15) is 0 Å². The third kappa shape index (κ3) is 2.62. The second kappa shape index (κ2) is 5.07. The number of hydrogen-bond acceptors (Lipinski definition) is 5. The Balaban J connectivity index is 1.81. The molecule has 0 N–H and O–H groups in total. The fourth-order valence-electron chi connectivity index (χ4n) is 3.16. The number of aryl methyl sites for hydroxylation is 1. The van der Waals surface area contributed by atoms with Crippen molar-refractivity contribution in [1.29, 1.82) is 0 Å². The Morgan fingerprint density at radius 3 is 2.86 bits per heavy atom. The van der Waals surface area contributed by atoms with Gasteiger partial charge in [0.05, 0.1) is 35.1 Å². The second-order valence-corrected chi connectivity index (χ2v) is 9.33. The fraction of sp³-hybridized carbons (Fsp3) is 0.786. The van der Waals surface area contributed by atoms with Gasteiger partial charge in [-0.25, -0.2) is 8.42 Å². The molecule has 1 fully saturated rings. The molecule has 0 spiro atoms. The van der Waals surface area contributed by atoms with Crippen molar-refractivity contribution < 1.29 is 13.2 Å². The average molecular weight is 313 g/mol. The van der Waals surface area contributed by atoms with Gasteiger partial charge in [0.25, 0.3) is 0 Å². The Hall–Kier alpha value is -0.920. The van der Waals surface area contributed by atoms with E-state index in [-0.39, 0.29) is 5.75 Å². The summed E-state index contributed by atoms with van der Waals surface area (Å²) in [7, 11) is -1.03. The predicted octanol–water partition coefficient (Wildman–Crippen LogP) is 0.502. The van der Waals surface area contributed by atoms with E-state index in [1.807, 2.05) is 25.6 Å². The summed E-state index contributed by atoms with van der Waals surface area (Å²) in [5.41, 5.74) is 3.47. The van der Waals surface area contributed by atoms with Crippen LogP contribution in [0.25, 0.3) is 0 Å². The second-order valence-electron chi connectivity index (χ2n) is 6.59. The summed E-state index contributed by atoms with van der Waals surface area (Å²) in [5.74, 6) is 0.233. The van der Waals surface area contributed by atoms with Crippen molar-refractivity contribution in [3.63, 3.8) is 0 Å². The first-order valence-electron chi connectivity index (χ1n) is 7.36. The summed E-state index contributed by atoms with van der Waals surface area (Å²) in [4.78, 5) is 2.22. The van der Waals surface area contributed by atoms with Gasteiger partial charge in [0.15, 0.2) is 9.84 Å². The van der Waals surface area contributed by atoms with Crippen molar-refractivity contribution in [3.05, 3.63) is 17.0 Å². The molecule has 7 heteroatoms. The lowest BCUT2D eigenvalue weighted by Gasteiger charge is -2.37. The number of fused-ring (bicyclic) bond motifs is 1. The van der Waals surface area contributed by atoms with Crippen LogP contribution in [0.2, 0.25) is 0 Å². The molecule has 3 rings (SSSR count). The lowest BCUT2D eigenvalue weighted by molar-refractivity contribution is 0.108. The first-order chi connectivity index (χ1) is 9.80. The monoisotopic (exact) mass is 313 g/mol. The number of sulfone groups is 1. The number of aromatic nitrogens is 2. The number of hydrogen-bond donors (Lipinski definition) is 0. The molecule has 0 aromatic carbocycles. The summed E-state index contributed by atoms with van der Waals surface area (Å²) in [6.07, 6.45) is 0.864. The molecule has 0 saturated carbocycles. The Morgan fingerprint density at radius 1 is 1.38 bits per heavy atom. The maximum Gasteiger partial charge on any atom is 0.157 e. The number of rotatable bonds is 2. The summed E-state index contributed by atoms with van der Waals surface area (Å²) in [5, 5.41) is 4.57. The van der Waals surface area contributed by atoms with Crippen LogP contribution in [0.1, 0.15) is 30.8 Å². The van der Waals surface area contributed by atoms with Crippen LogP contribution in [0.4, 0.5) is 0 Å². The summed E-state index contributed by atoms with van der Waals surface area (Å²) < 4.78 is 31.0. The van der Waals surface area contributed by atoms with Crippen molar-refractivity contribution in [2.45, 2.75) is 38.2 Å². The van der Waals surface area contributed by atoms with Crippen molar-refractivity contribution in [2.24, 2.45) is 7.05 Å². The van der Waals surface area contributed by atoms with Crippen molar-refractivity contribution >= 4 is 9.84 Å². The topological polar surface area (TPSA) is 64.4 Å². The van der Waals surface area contributed by atoms with Gasteiger partial charge in [0.2, 0.25) is 0 Å². The molecule has 1 aromatic heterocycles. The highest BCUT2D eigenvalue weighted by Gasteiger charge is 2.40. The standard InChI is InChI=1S/C14H23N3O3S/c1-14(2)10-17(5-7-21(14,18)19)8-13-11-9-20-6-4-12(11)15-16(13)3/h4-10H2,1-3H3. The molecule has 0 amide bonds. The highest BCUT2D eigenvalue weighted by atomic mass is 32.2. The SMILES string of the molecule is Cn1nc2c(c1CN1CCS(=O)(=O)C(C)(C)C1)COCC2. The smallest absolute Gasteiger partial charge is 0.157 e. The summed E-state index contributed by atoms with van der Waals surface area (Å²) in [6.45, 7) is 6.88. The van der Waals surface area contributed by atoms with Crippen LogP contribution in [0, 0.1) is 0 Å². The van der Waals surface area contributed by atoms with Crippen LogP contribution in [-0.4, -0.2) is 53.3 Å². The summed E-state index contributed by atoms with van der Waals surface area (Å²) in [6, 6.07) is 0. The molecular formula is C14H23N3O3S. The van der Waals surface area contributed by atoms with Crippen LogP contribution < -0.4 is 0 Å². The first kappa shape index (κ1) is 15.0. The van der Waals surface area contributed by atoms with E-state index >= 15 is 0 Å². The van der Waals surface area contributed by atoms with Gasteiger partial charge in [-0.1, -0.05) is 0 Å². The van der Waals surface area contributed by atoms with Crippen molar-refractivity contribution in [1.82, 2.24) is 14.7 Å². The molecule has 0 radical (unpaired) electrons. The predicted molar refractivity (Wildman–Crippen MR) is 79.7 cm³/mol. The highest BCUT2D eigenvalue weighted by Crippen LogP contribution is 2.27. The molecule has 0 aliphatic carbocycles. The first-order valence-corrected chi connectivity index (χ1v) is 9.01. The molecule has 2 aliphatic rings. The van der Waals surface area contributed by atoms with Crippen LogP contribution in [-0.2, 0) is 41.2 Å². The largest absolute Gasteiger partial charge is 0.376 e. The third-order valence-electron chi connectivity index (χ3n) is 4.58. The molecule has 0 unspecified atom stereocenters. The number of nitrogens with zero attached hydrogens (tertiary/aromatic N) is 3. The zero-order valence-electron chi connectivity index (χ0n) is 12.9. The van der Waals surface area contributed by atoms with Gasteiger partial charge in [-0.2, -0.15) is 5.10 Å². The van der Waals surface area contributed by atoms with E-state index in [9.17, 15) is 8.42 Å². The molecule has 21 heavy (non-hydrogen) atoms. The number of ether oxygens (including phenoxy) is 1. The van der Waals surface area contributed by atoms with E-state index in [2.05, 4.69) is 10.00 Å². The van der Waals surface area contributed by atoms with E-state index in [0.29, 0.717) is 19.7 Å². The fourth-order valence-corrected chi connectivity index (χ4v) is 4.59. The van der Waals surface area contributed by atoms with E-state index < -0.39 is 14.6 Å². The molecule has 1 saturated heterocycles. The lowest BCUT2D eigenvalue weighted by atomic mass is 10.1. The molecule has 3 heterocycles. The van der Waals surface area contributed by atoms with E-state index in [1.165, 1.54) is 5.56 Å². The lowest BCUT2D eigenvalue weighted by Crippen LogP contribution is -2.52. The summed E-state index contributed by atoms with van der Waals surface area (Å²) >= 11 is 0. The minimum absolute atomic E-state index is 0.233. The Bertz CT molecular complexity index is 649. The van der Waals surface area contributed by atoms with E-state index in [4.69, 9.17) is 4.74 Å². The normalized spacial score (nSPS) is 24.7. The Labute approximate surface area is 126 Å². The van der Waals surface area contributed by atoms with Gasteiger partial charge in [-0.15, -0.1) is 0 Å². The van der Waals surface area contributed by atoms with E-state index in [1.54, 1.807) is 0 Å². The molecule has 2 aliphatic heterocycles. The van der Waals surface area contributed by atoms with Gasteiger partial charge in [-0.05, 0) is 13.8 Å². The van der Waals surface area contributed by atoms with Gasteiger partial charge in [-0.3, -0.25) is 9.58 Å². The minimum atomic E-state index is -2.99. The van der Waals surface area contributed by atoms with Crippen LogP contribution in [0.5, 0.6) is 0 Å². The van der Waals surface area contributed by atoms with Gasteiger partial charge >= 0.3 is 0 Å². The van der Waals surface area contributed by atoms with Crippen molar-refractivity contribution in [3.8, 4) is 0 Å². The molecular weight excluding hydrogens is 290 g/mol. The molecule has 1 aromatic rings. The molecule has 0 bridgehead atoms. The van der Waals surface area contributed by atoms with Crippen molar-refractivity contribution in [2.75, 3.05) is 25.4 Å². The van der Waals surface area contributed by atoms with Crippen LogP contribution in [0.15, 0.2) is 0 Å². The van der Waals surface area contributed by atoms with Gasteiger partial charge in [0, 0.05) is 38.7 Å². The highest BCUT2D eigenvalue weighted by molar-refractivity contribution is 7.92. The third-order valence-corrected chi connectivity index (χ3v) is 7.12. The van der Waals surface area contributed by atoms with Crippen LogP contribution >= 0.6 is 0 Å². The van der Waals surface area contributed by atoms with Gasteiger partial charge < -0.3 is 4.74 Å². The quantitative estimate of drug-likeness (QED) is 0.796. The Morgan fingerprint density at radius 2 is 2.14 bits per heavy atom. The van der Waals surface area contributed by atoms with E-state index in [0.717, 1.165) is 31.0 Å². The molecule has 6 nitrogen and oxygen atoms in total. The maximum absolute atomic E-state index is 12.1. The zero-order chi connectivity index (χ0) is 15.3. The maximum atomic E-state index is 12.1. The zero-order valence-corrected chi connectivity index (χ0v) is 13.7. The minimum Gasteiger partial charge on any atom is -0.376 e. The molecule has 0 atom stereocenters. The Kier molecular flexibility index (Phi) is 3.62. The average Bonchev–Trinajstić information content (AvgIpc) is 2.71. The van der Waals surface area contributed by atoms with Crippen LogP contribution in [0.3, 0.4) is 0 Å². The molecule has 118 valence electrons.